The average Bonchev–Trinajstić information content (AvgIpc) is 3.06. The molecular weight excluding hydrogens is 184 g/mol. The van der Waals surface area contributed by atoms with E-state index in [1.54, 1.807) is 0 Å². The fraction of sp³-hybridized carbons (Fsp3) is 0.500. The van der Waals surface area contributed by atoms with Crippen molar-refractivity contribution < 1.29 is 4.79 Å². The van der Waals surface area contributed by atoms with Crippen LogP contribution in [0.3, 0.4) is 0 Å². The van der Waals surface area contributed by atoms with Gasteiger partial charge in [-0.1, -0.05) is 50.1 Å². The molecule has 1 aliphatic rings. The Balaban J connectivity index is 1.89. The highest BCUT2D eigenvalue weighted by Crippen LogP contribution is 2.44. The van der Waals surface area contributed by atoms with E-state index >= 15 is 0 Å². The Bertz CT molecular complexity index is 328. The molecule has 80 valence electrons. The number of Topliss-reactive ketones (excluding diaryl/α,β-unsaturated/α-hetero) is 1. The van der Waals surface area contributed by atoms with Crippen LogP contribution < -0.4 is 0 Å². The number of ketones is 1. The molecule has 2 atom stereocenters. The van der Waals surface area contributed by atoms with Crippen LogP contribution in [0, 0.1) is 11.8 Å². The molecule has 0 saturated heterocycles. The zero-order valence-corrected chi connectivity index (χ0v) is 9.28. The lowest BCUT2D eigenvalue weighted by atomic mass is 10.0. The summed E-state index contributed by atoms with van der Waals surface area (Å²) >= 11 is 0. The molecule has 1 aromatic carbocycles. The van der Waals surface area contributed by atoms with Crippen LogP contribution in [-0.4, -0.2) is 5.78 Å². The van der Waals surface area contributed by atoms with E-state index in [0.29, 0.717) is 17.6 Å². The number of rotatable bonds is 5. The highest BCUT2D eigenvalue weighted by molar-refractivity contribution is 5.99. The van der Waals surface area contributed by atoms with Gasteiger partial charge in [-0.05, 0) is 18.8 Å². The minimum Gasteiger partial charge on any atom is -0.294 e. The van der Waals surface area contributed by atoms with Gasteiger partial charge in [-0.15, -0.1) is 0 Å². The van der Waals surface area contributed by atoms with Crippen LogP contribution in [0.1, 0.15) is 43.0 Å². The first-order valence-electron chi connectivity index (χ1n) is 5.92. The maximum atomic E-state index is 12.0. The smallest absolute Gasteiger partial charge is 0.166 e. The third-order valence-corrected chi connectivity index (χ3v) is 3.25. The fourth-order valence-corrected chi connectivity index (χ4v) is 2.17. The van der Waals surface area contributed by atoms with Crippen molar-refractivity contribution in [1.82, 2.24) is 0 Å². The average molecular weight is 202 g/mol. The molecule has 1 aromatic rings. The molecule has 0 unspecified atom stereocenters. The summed E-state index contributed by atoms with van der Waals surface area (Å²) in [4.78, 5) is 12.0. The van der Waals surface area contributed by atoms with Gasteiger partial charge in [0, 0.05) is 11.5 Å². The van der Waals surface area contributed by atoms with E-state index in [-0.39, 0.29) is 0 Å². The normalized spacial score (nSPS) is 23.8. The first-order valence-corrected chi connectivity index (χ1v) is 5.92. The second-order valence-corrected chi connectivity index (χ2v) is 4.47. The van der Waals surface area contributed by atoms with Crippen molar-refractivity contribution >= 4 is 5.78 Å². The second kappa shape index (κ2) is 4.61. The van der Waals surface area contributed by atoms with E-state index in [4.69, 9.17) is 0 Å². The monoisotopic (exact) mass is 202 g/mol. The molecule has 0 spiro atoms. The summed E-state index contributed by atoms with van der Waals surface area (Å²) in [5.74, 6) is 1.37. The van der Waals surface area contributed by atoms with Crippen molar-refractivity contribution in [3.05, 3.63) is 35.9 Å². The van der Waals surface area contributed by atoms with Gasteiger partial charge in [-0.2, -0.15) is 0 Å². The third-order valence-electron chi connectivity index (χ3n) is 3.25. The zero-order valence-electron chi connectivity index (χ0n) is 9.28. The quantitative estimate of drug-likeness (QED) is 0.665. The summed E-state index contributed by atoms with van der Waals surface area (Å²) < 4.78 is 0. The van der Waals surface area contributed by atoms with Crippen LogP contribution in [0.25, 0.3) is 0 Å². The molecular formula is C14H18O. The zero-order chi connectivity index (χ0) is 10.7. The lowest BCUT2D eigenvalue weighted by molar-refractivity contribution is 0.0960. The van der Waals surface area contributed by atoms with Crippen molar-refractivity contribution in [2.24, 2.45) is 11.8 Å². The highest BCUT2D eigenvalue weighted by atomic mass is 16.1. The first-order chi connectivity index (χ1) is 7.33. The minimum atomic E-state index is 0.332. The lowest BCUT2D eigenvalue weighted by Crippen LogP contribution is -2.02. The predicted octanol–water partition coefficient (Wildman–Crippen LogP) is 3.70. The number of hydrogen-bond donors (Lipinski definition) is 0. The van der Waals surface area contributed by atoms with E-state index in [0.717, 1.165) is 12.0 Å². The molecule has 0 bridgehead atoms. The third kappa shape index (κ3) is 2.47. The largest absolute Gasteiger partial charge is 0.294 e. The summed E-state index contributed by atoms with van der Waals surface area (Å²) in [6.45, 7) is 2.20. The van der Waals surface area contributed by atoms with Crippen molar-refractivity contribution in [3.63, 3.8) is 0 Å². The Kier molecular flexibility index (Phi) is 3.20. The van der Waals surface area contributed by atoms with E-state index in [1.807, 2.05) is 30.3 Å². The van der Waals surface area contributed by atoms with Gasteiger partial charge in [-0.3, -0.25) is 4.79 Å². The SMILES string of the molecule is CCCC[C@H]1C[C@@H]1C(=O)c1ccccc1. The Morgan fingerprint density at radius 2 is 2.07 bits per heavy atom. The topological polar surface area (TPSA) is 17.1 Å². The van der Waals surface area contributed by atoms with Crippen molar-refractivity contribution in [2.75, 3.05) is 0 Å². The summed E-state index contributed by atoms with van der Waals surface area (Å²) in [7, 11) is 0. The Morgan fingerprint density at radius 3 is 2.73 bits per heavy atom. The molecule has 0 amide bonds. The number of carbonyl (C=O) groups is 1. The molecule has 1 fully saturated rings. The molecule has 1 heteroatoms. The van der Waals surface area contributed by atoms with Crippen LogP contribution >= 0.6 is 0 Å². The van der Waals surface area contributed by atoms with Gasteiger partial charge in [0.1, 0.15) is 0 Å². The van der Waals surface area contributed by atoms with Crippen molar-refractivity contribution in [3.8, 4) is 0 Å². The fourth-order valence-electron chi connectivity index (χ4n) is 2.17. The molecule has 0 heterocycles. The summed E-state index contributed by atoms with van der Waals surface area (Å²) in [5, 5.41) is 0. The molecule has 0 radical (unpaired) electrons. The van der Waals surface area contributed by atoms with E-state index in [2.05, 4.69) is 6.92 Å². The van der Waals surface area contributed by atoms with E-state index in [1.165, 1.54) is 19.3 Å². The van der Waals surface area contributed by atoms with Crippen LogP contribution in [0.2, 0.25) is 0 Å². The van der Waals surface area contributed by atoms with Gasteiger partial charge >= 0.3 is 0 Å². The molecule has 1 nitrogen and oxygen atoms in total. The van der Waals surface area contributed by atoms with Crippen LogP contribution in [0.5, 0.6) is 0 Å². The lowest BCUT2D eigenvalue weighted by Gasteiger charge is -1.99. The summed E-state index contributed by atoms with van der Waals surface area (Å²) in [6.07, 6.45) is 4.86. The number of unbranched alkanes of at least 4 members (excludes halogenated alkanes) is 1. The van der Waals surface area contributed by atoms with Crippen molar-refractivity contribution in [1.29, 1.82) is 0 Å². The van der Waals surface area contributed by atoms with Crippen LogP contribution in [-0.2, 0) is 0 Å². The van der Waals surface area contributed by atoms with Gasteiger partial charge in [0.05, 0.1) is 0 Å². The molecule has 0 N–H and O–H groups in total. The maximum Gasteiger partial charge on any atom is 0.166 e. The predicted molar refractivity (Wildman–Crippen MR) is 61.9 cm³/mol. The first kappa shape index (κ1) is 10.4. The van der Waals surface area contributed by atoms with Gasteiger partial charge in [0.25, 0.3) is 0 Å². The molecule has 1 saturated carbocycles. The van der Waals surface area contributed by atoms with Gasteiger partial charge in [0.15, 0.2) is 5.78 Å². The Hall–Kier alpha value is -1.11. The van der Waals surface area contributed by atoms with Crippen LogP contribution in [0.4, 0.5) is 0 Å². The number of carbonyl (C=O) groups excluding carboxylic acids is 1. The van der Waals surface area contributed by atoms with Gasteiger partial charge in [0.2, 0.25) is 0 Å². The summed E-state index contributed by atoms with van der Waals surface area (Å²) in [6, 6.07) is 9.70. The molecule has 0 aliphatic heterocycles. The van der Waals surface area contributed by atoms with Crippen LogP contribution in [0.15, 0.2) is 30.3 Å². The van der Waals surface area contributed by atoms with Gasteiger partial charge in [-0.25, -0.2) is 0 Å². The number of benzene rings is 1. The molecule has 2 rings (SSSR count). The van der Waals surface area contributed by atoms with E-state index < -0.39 is 0 Å². The standard InChI is InChI=1S/C14H18O/c1-2-3-7-12-10-13(12)14(15)11-8-5-4-6-9-11/h4-6,8-9,12-13H,2-3,7,10H2,1H3/t12-,13-/m0/s1. The molecule has 1 aliphatic carbocycles. The van der Waals surface area contributed by atoms with Crippen molar-refractivity contribution in [2.45, 2.75) is 32.6 Å². The Morgan fingerprint density at radius 1 is 1.33 bits per heavy atom. The number of hydrogen-bond acceptors (Lipinski definition) is 1. The molecule has 0 aromatic heterocycles. The maximum absolute atomic E-state index is 12.0. The second-order valence-electron chi connectivity index (χ2n) is 4.47. The molecule has 15 heavy (non-hydrogen) atoms. The van der Waals surface area contributed by atoms with E-state index in [9.17, 15) is 4.79 Å². The van der Waals surface area contributed by atoms with Gasteiger partial charge < -0.3 is 0 Å². The highest BCUT2D eigenvalue weighted by Gasteiger charge is 2.41. The summed E-state index contributed by atoms with van der Waals surface area (Å²) in [5.41, 5.74) is 0.890. The minimum absolute atomic E-state index is 0.332. The Labute approximate surface area is 91.5 Å².